The van der Waals surface area contributed by atoms with E-state index in [0.717, 1.165) is 12.1 Å². The zero-order valence-corrected chi connectivity index (χ0v) is 13.6. The highest BCUT2D eigenvalue weighted by Crippen LogP contribution is 2.35. The molecule has 0 aliphatic carbocycles. The van der Waals surface area contributed by atoms with Gasteiger partial charge in [0.15, 0.2) is 0 Å². The standard InChI is InChI=1S/C15H19N3O4S/c1-22-14-5-4-11(17-12-9-15(19)16-10-12)8-13(14)18-6-2-3-7-23(18,20)21/h4-5,8-9,17H,2-3,6-7,10H2,1H3,(H,16,19). The van der Waals surface area contributed by atoms with Gasteiger partial charge in [0.1, 0.15) is 5.75 Å². The summed E-state index contributed by atoms with van der Waals surface area (Å²) in [6.45, 7) is 0.882. The van der Waals surface area contributed by atoms with E-state index in [2.05, 4.69) is 10.6 Å². The van der Waals surface area contributed by atoms with Gasteiger partial charge in [0.05, 0.1) is 25.1 Å². The van der Waals surface area contributed by atoms with Crippen molar-refractivity contribution in [3.05, 3.63) is 30.0 Å². The van der Waals surface area contributed by atoms with Gasteiger partial charge in [-0.05, 0) is 31.0 Å². The fraction of sp³-hybridized carbons (Fsp3) is 0.400. The first-order valence-corrected chi connectivity index (χ1v) is 9.04. The van der Waals surface area contributed by atoms with Gasteiger partial charge in [0, 0.05) is 24.0 Å². The van der Waals surface area contributed by atoms with Crippen molar-refractivity contribution in [1.82, 2.24) is 5.32 Å². The number of amides is 1. The molecule has 8 heteroatoms. The highest BCUT2D eigenvalue weighted by atomic mass is 32.2. The summed E-state index contributed by atoms with van der Waals surface area (Å²) >= 11 is 0. The number of nitrogens with zero attached hydrogens (tertiary/aromatic N) is 1. The van der Waals surface area contributed by atoms with E-state index in [1.165, 1.54) is 17.5 Å². The van der Waals surface area contributed by atoms with E-state index in [1.807, 2.05) is 0 Å². The molecular formula is C15H19N3O4S. The normalized spacial score (nSPS) is 20.0. The van der Waals surface area contributed by atoms with Crippen molar-refractivity contribution >= 4 is 27.3 Å². The van der Waals surface area contributed by atoms with Crippen LogP contribution in [0, 0.1) is 0 Å². The van der Waals surface area contributed by atoms with E-state index in [0.29, 0.717) is 36.6 Å². The monoisotopic (exact) mass is 337 g/mol. The van der Waals surface area contributed by atoms with Gasteiger partial charge in [0.25, 0.3) is 0 Å². The van der Waals surface area contributed by atoms with E-state index in [1.54, 1.807) is 18.2 Å². The first-order chi connectivity index (χ1) is 11.0. The topological polar surface area (TPSA) is 87.7 Å². The molecule has 1 aromatic carbocycles. The first kappa shape index (κ1) is 15.7. The Labute approximate surface area is 135 Å². The number of ether oxygens (including phenoxy) is 1. The predicted octanol–water partition coefficient (Wildman–Crippen LogP) is 1.05. The number of carbonyl (C=O) groups excluding carboxylic acids is 1. The van der Waals surface area contributed by atoms with E-state index < -0.39 is 10.0 Å². The lowest BCUT2D eigenvalue weighted by Crippen LogP contribution is -2.38. The summed E-state index contributed by atoms with van der Waals surface area (Å²) in [4.78, 5) is 11.2. The number of sulfonamides is 1. The van der Waals surface area contributed by atoms with Gasteiger partial charge in [-0.25, -0.2) is 8.42 Å². The molecule has 1 aromatic rings. The Bertz CT molecular complexity index is 758. The number of anilines is 2. The molecule has 124 valence electrons. The van der Waals surface area contributed by atoms with Crippen molar-refractivity contribution in [2.45, 2.75) is 12.8 Å². The van der Waals surface area contributed by atoms with E-state index in [-0.39, 0.29) is 11.7 Å². The number of rotatable bonds is 4. The highest BCUT2D eigenvalue weighted by Gasteiger charge is 2.28. The maximum atomic E-state index is 12.3. The van der Waals surface area contributed by atoms with Crippen LogP contribution in [0.4, 0.5) is 11.4 Å². The van der Waals surface area contributed by atoms with Crippen LogP contribution in [0.1, 0.15) is 12.8 Å². The second-order valence-electron chi connectivity index (χ2n) is 5.49. The van der Waals surface area contributed by atoms with Crippen LogP contribution in [0.5, 0.6) is 5.75 Å². The molecule has 2 aliphatic rings. The summed E-state index contributed by atoms with van der Waals surface area (Å²) in [7, 11) is -1.80. The average Bonchev–Trinajstić information content (AvgIpc) is 2.92. The number of nitrogens with one attached hydrogen (secondary N) is 2. The molecule has 0 aromatic heterocycles. The third-order valence-electron chi connectivity index (χ3n) is 3.86. The molecular weight excluding hydrogens is 318 g/mol. The molecule has 3 rings (SSSR count). The number of hydrogen-bond donors (Lipinski definition) is 2. The van der Waals surface area contributed by atoms with Gasteiger partial charge in [-0.3, -0.25) is 9.10 Å². The van der Waals surface area contributed by atoms with Gasteiger partial charge in [0.2, 0.25) is 15.9 Å². The fourth-order valence-electron chi connectivity index (χ4n) is 2.73. The average molecular weight is 337 g/mol. The van der Waals surface area contributed by atoms with E-state index in [4.69, 9.17) is 4.74 Å². The maximum Gasteiger partial charge on any atom is 0.246 e. The zero-order valence-electron chi connectivity index (χ0n) is 12.8. The number of benzene rings is 1. The minimum absolute atomic E-state index is 0.139. The Hall–Kier alpha value is -2.22. The van der Waals surface area contributed by atoms with E-state index >= 15 is 0 Å². The summed E-state index contributed by atoms with van der Waals surface area (Å²) in [6, 6.07) is 5.26. The van der Waals surface area contributed by atoms with Crippen molar-refractivity contribution in [2.24, 2.45) is 0 Å². The highest BCUT2D eigenvalue weighted by molar-refractivity contribution is 7.92. The molecule has 0 atom stereocenters. The summed E-state index contributed by atoms with van der Waals surface area (Å²) in [6.07, 6.45) is 2.99. The third kappa shape index (κ3) is 3.26. The molecule has 23 heavy (non-hydrogen) atoms. The smallest absolute Gasteiger partial charge is 0.246 e. The first-order valence-electron chi connectivity index (χ1n) is 7.43. The molecule has 0 radical (unpaired) electrons. The summed E-state index contributed by atoms with van der Waals surface area (Å²) in [5, 5.41) is 5.81. The van der Waals surface area contributed by atoms with Crippen molar-refractivity contribution in [3.63, 3.8) is 0 Å². The van der Waals surface area contributed by atoms with Gasteiger partial charge < -0.3 is 15.4 Å². The molecule has 0 unspecified atom stereocenters. The quantitative estimate of drug-likeness (QED) is 0.857. The van der Waals surface area contributed by atoms with Crippen molar-refractivity contribution < 1.29 is 17.9 Å². The molecule has 1 fully saturated rings. The molecule has 0 spiro atoms. The summed E-state index contributed by atoms with van der Waals surface area (Å²) < 4.78 is 31.4. The molecule has 7 nitrogen and oxygen atoms in total. The molecule has 1 saturated heterocycles. The van der Waals surface area contributed by atoms with Crippen molar-refractivity contribution in [2.75, 3.05) is 35.6 Å². The lowest BCUT2D eigenvalue weighted by molar-refractivity contribution is -0.115. The molecule has 1 amide bonds. The SMILES string of the molecule is COc1ccc(NC2=CC(=O)NC2)cc1N1CCCCS1(=O)=O. The fourth-order valence-corrected chi connectivity index (χ4v) is 4.37. The molecule has 0 bridgehead atoms. The van der Waals surface area contributed by atoms with Gasteiger partial charge in [-0.1, -0.05) is 0 Å². The lowest BCUT2D eigenvalue weighted by atomic mass is 10.2. The number of carbonyl (C=O) groups is 1. The third-order valence-corrected chi connectivity index (χ3v) is 5.72. The molecule has 2 N–H and O–H groups in total. The second kappa shape index (κ2) is 6.11. The zero-order chi connectivity index (χ0) is 16.4. The maximum absolute atomic E-state index is 12.3. The Morgan fingerprint density at radius 2 is 2.13 bits per heavy atom. The number of hydrogen-bond acceptors (Lipinski definition) is 5. The largest absolute Gasteiger partial charge is 0.495 e. The van der Waals surface area contributed by atoms with Crippen LogP contribution >= 0.6 is 0 Å². The van der Waals surface area contributed by atoms with Gasteiger partial charge in [-0.2, -0.15) is 0 Å². The van der Waals surface area contributed by atoms with Crippen molar-refractivity contribution in [1.29, 1.82) is 0 Å². The minimum atomic E-state index is -3.32. The predicted molar refractivity (Wildman–Crippen MR) is 88.1 cm³/mol. The Kier molecular flexibility index (Phi) is 4.16. The van der Waals surface area contributed by atoms with Crippen molar-refractivity contribution in [3.8, 4) is 5.75 Å². The second-order valence-corrected chi connectivity index (χ2v) is 7.51. The Balaban J connectivity index is 1.93. The summed E-state index contributed by atoms with van der Waals surface area (Å²) in [5.74, 6) is 0.521. The summed E-state index contributed by atoms with van der Waals surface area (Å²) in [5.41, 5.74) is 1.98. The van der Waals surface area contributed by atoms with Gasteiger partial charge in [-0.15, -0.1) is 0 Å². The molecule has 2 aliphatic heterocycles. The van der Waals surface area contributed by atoms with Crippen LogP contribution in [-0.4, -0.2) is 40.3 Å². The number of methoxy groups -OCH3 is 1. The minimum Gasteiger partial charge on any atom is -0.495 e. The van der Waals surface area contributed by atoms with Crippen LogP contribution in [-0.2, 0) is 14.8 Å². The lowest BCUT2D eigenvalue weighted by Gasteiger charge is -2.29. The van der Waals surface area contributed by atoms with E-state index in [9.17, 15) is 13.2 Å². The Morgan fingerprint density at radius 3 is 2.78 bits per heavy atom. The molecule has 2 heterocycles. The molecule has 0 saturated carbocycles. The van der Waals surface area contributed by atoms with Crippen LogP contribution in [0.2, 0.25) is 0 Å². The van der Waals surface area contributed by atoms with Gasteiger partial charge >= 0.3 is 0 Å². The van der Waals surface area contributed by atoms with Crippen LogP contribution in [0.3, 0.4) is 0 Å². The van der Waals surface area contributed by atoms with Crippen LogP contribution in [0.25, 0.3) is 0 Å². The Morgan fingerprint density at radius 1 is 1.30 bits per heavy atom. The van der Waals surface area contributed by atoms with Crippen LogP contribution < -0.4 is 19.7 Å². The van der Waals surface area contributed by atoms with Crippen LogP contribution in [0.15, 0.2) is 30.0 Å².